The highest BCUT2D eigenvalue weighted by atomic mass is 14.7. The lowest BCUT2D eigenvalue weighted by molar-refractivity contribution is 0.932. The molecule has 222 valence electrons. The first kappa shape index (κ1) is 28.2. The quantitative estimate of drug-likeness (QED) is 0.135. The van der Waals surface area contributed by atoms with E-state index in [1.165, 1.54) is 87.2 Å². The lowest BCUT2D eigenvalue weighted by Crippen LogP contribution is -1.98. The first-order valence-corrected chi connectivity index (χ1v) is 16.5. The molecule has 0 atom stereocenters. The monoisotopic (exact) mass is 591 g/mol. The predicted molar refractivity (Wildman–Crippen MR) is 200 cm³/mol. The summed E-state index contributed by atoms with van der Waals surface area (Å²) in [6.07, 6.45) is 2.10. The molecule has 8 aromatic carbocycles. The van der Waals surface area contributed by atoms with Gasteiger partial charge in [0.1, 0.15) is 0 Å². The molecule has 0 radical (unpaired) electrons. The summed E-state index contributed by atoms with van der Waals surface area (Å²) in [7, 11) is 0. The molecule has 0 saturated heterocycles. The van der Waals surface area contributed by atoms with Gasteiger partial charge in [0, 0.05) is 5.71 Å². The second-order valence-corrected chi connectivity index (χ2v) is 12.6. The summed E-state index contributed by atoms with van der Waals surface area (Å²) in [5.74, 6) is 0. The van der Waals surface area contributed by atoms with Crippen LogP contribution < -0.4 is 0 Å². The van der Waals surface area contributed by atoms with E-state index in [2.05, 4.69) is 154 Å². The van der Waals surface area contributed by atoms with Crippen LogP contribution in [0.15, 0.2) is 138 Å². The van der Waals surface area contributed by atoms with Crippen molar-refractivity contribution in [2.75, 3.05) is 0 Å². The van der Waals surface area contributed by atoms with Gasteiger partial charge in [-0.1, -0.05) is 147 Å². The van der Waals surface area contributed by atoms with E-state index < -0.39 is 0 Å². The van der Waals surface area contributed by atoms with Crippen LogP contribution in [-0.4, -0.2) is 5.71 Å². The van der Waals surface area contributed by atoms with Crippen molar-refractivity contribution in [3.8, 4) is 11.1 Å². The molecule has 0 aliphatic carbocycles. The molecule has 0 N–H and O–H groups in total. The third-order valence-corrected chi connectivity index (χ3v) is 9.81. The maximum absolute atomic E-state index is 5.02. The molecule has 0 fully saturated rings. The Balaban J connectivity index is 1.41. The average Bonchev–Trinajstić information content (AvgIpc) is 3.11. The number of fused-ring (bicyclic) bond motifs is 9. The smallest absolute Gasteiger partial charge is 0.0649 e. The van der Waals surface area contributed by atoms with Gasteiger partial charge in [-0.25, -0.2) is 0 Å². The largest absolute Gasteiger partial charge is 0.285 e. The van der Waals surface area contributed by atoms with Crippen molar-refractivity contribution in [1.29, 1.82) is 0 Å². The lowest BCUT2D eigenvalue weighted by atomic mass is 9.83. The fourth-order valence-corrected chi connectivity index (χ4v) is 7.62. The summed E-state index contributed by atoms with van der Waals surface area (Å²) in [5, 5.41) is 13.4. The molecular formula is C45H37N. The number of nitrogens with zero attached hydrogens (tertiary/aromatic N) is 1. The van der Waals surface area contributed by atoms with Gasteiger partial charge < -0.3 is 0 Å². The zero-order chi connectivity index (χ0) is 31.2. The Morgan fingerprint density at radius 1 is 0.522 bits per heavy atom. The minimum atomic E-state index is 0.657. The molecule has 0 amide bonds. The molecule has 1 heteroatoms. The highest BCUT2D eigenvalue weighted by Crippen LogP contribution is 2.45. The lowest BCUT2D eigenvalue weighted by Gasteiger charge is -2.21. The van der Waals surface area contributed by atoms with Gasteiger partial charge in [-0.3, -0.25) is 4.99 Å². The summed E-state index contributed by atoms with van der Waals surface area (Å²) in [4.78, 5) is 5.02. The Bertz CT molecular complexity index is 2470. The first-order valence-electron chi connectivity index (χ1n) is 16.5. The zero-order valence-electron chi connectivity index (χ0n) is 26.8. The van der Waals surface area contributed by atoms with Crippen molar-refractivity contribution in [1.82, 2.24) is 0 Å². The summed E-state index contributed by atoms with van der Waals surface area (Å²) in [5.41, 5.74) is 8.91. The van der Waals surface area contributed by atoms with Crippen LogP contribution in [0.5, 0.6) is 0 Å². The van der Waals surface area contributed by atoms with Crippen molar-refractivity contribution < 1.29 is 0 Å². The van der Waals surface area contributed by atoms with Gasteiger partial charge in [0.05, 0.1) is 6.54 Å². The Labute approximate surface area is 270 Å². The zero-order valence-corrected chi connectivity index (χ0v) is 26.8. The van der Waals surface area contributed by atoms with E-state index >= 15 is 0 Å². The number of hydrogen-bond donors (Lipinski definition) is 0. The molecule has 0 bridgehead atoms. The SMILES string of the molecule is CCCc1c(-c2ccc(CN=C(C)c3ccccc3)c3ccccc23)ccc2c1c1c(C)cccc1c1ccc3ccccc3c12. The van der Waals surface area contributed by atoms with Crippen molar-refractivity contribution in [3.63, 3.8) is 0 Å². The molecule has 0 heterocycles. The van der Waals surface area contributed by atoms with Crippen LogP contribution in [0.25, 0.3) is 65.0 Å². The molecule has 0 spiro atoms. The van der Waals surface area contributed by atoms with E-state index in [1.807, 2.05) is 0 Å². The second-order valence-electron chi connectivity index (χ2n) is 12.6. The van der Waals surface area contributed by atoms with E-state index in [9.17, 15) is 0 Å². The number of benzene rings is 8. The van der Waals surface area contributed by atoms with Crippen LogP contribution in [0.4, 0.5) is 0 Å². The van der Waals surface area contributed by atoms with Crippen molar-refractivity contribution in [3.05, 3.63) is 156 Å². The first-order chi connectivity index (χ1) is 22.6. The normalized spacial score (nSPS) is 12.2. The number of aryl methyl sites for hydroxylation is 2. The summed E-state index contributed by atoms with van der Waals surface area (Å²) in [6, 6.07) is 49.1. The van der Waals surface area contributed by atoms with Gasteiger partial charge in [0.15, 0.2) is 0 Å². The molecule has 0 unspecified atom stereocenters. The summed E-state index contributed by atoms with van der Waals surface area (Å²) in [6.45, 7) is 7.35. The van der Waals surface area contributed by atoms with Gasteiger partial charge >= 0.3 is 0 Å². The third kappa shape index (κ3) is 4.58. The molecular weight excluding hydrogens is 555 g/mol. The van der Waals surface area contributed by atoms with Gasteiger partial charge in [-0.05, 0) is 108 Å². The molecule has 0 aliphatic rings. The highest BCUT2D eigenvalue weighted by Gasteiger charge is 2.19. The Morgan fingerprint density at radius 2 is 1.20 bits per heavy atom. The van der Waals surface area contributed by atoms with Gasteiger partial charge in [-0.15, -0.1) is 0 Å². The van der Waals surface area contributed by atoms with Crippen LogP contribution in [0.2, 0.25) is 0 Å². The Hall–Kier alpha value is -5.27. The van der Waals surface area contributed by atoms with E-state index in [0.29, 0.717) is 6.54 Å². The van der Waals surface area contributed by atoms with E-state index in [4.69, 9.17) is 4.99 Å². The number of aliphatic imine (C=N–C) groups is 1. The van der Waals surface area contributed by atoms with E-state index in [0.717, 1.165) is 18.6 Å². The fraction of sp³-hybridized carbons (Fsp3) is 0.133. The second kappa shape index (κ2) is 11.6. The van der Waals surface area contributed by atoms with Gasteiger partial charge in [0.25, 0.3) is 0 Å². The topological polar surface area (TPSA) is 12.4 Å². The van der Waals surface area contributed by atoms with Gasteiger partial charge in [-0.2, -0.15) is 0 Å². The van der Waals surface area contributed by atoms with Crippen LogP contribution in [-0.2, 0) is 13.0 Å². The van der Waals surface area contributed by atoms with Crippen molar-refractivity contribution in [2.24, 2.45) is 4.99 Å². The Morgan fingerprint density at radius 3 is 2.02 bits per heavy atom. The average molecular weight is 592 g/mol. The van der Waals surface area contributed by atoms with Crippen molar-refractivity contribution >= 4 is 59.6 Å². The minimum absolute atomic E-state index is 0.657. The maximum atomic E-state index is 5.02. The predicted octanol–water partition coefficient (Wildman–Crippen LogP) is 12.4. The van der Waals surface area contributed by atoms with Crippen molar-refractivity contribution in [2.45, 2.75) is 40.2 Å². The van der Waals surface area contributed by atoms with E-state index in [-0.39, 0.29) is 0 Å². The number of rotatable bonds is 6. The highest BCUT2D eigenvalue weighted by molar-refractivity contribution is 6.33. The Kier molecular flexibility index (Phi) is 7.11. The summed E-state index contributed by atoms with van der Waals surface area (Å²) >= 11 is 0. The molecule has 8 aromatic rings. The molecule has 0 aromatic heterocycles. The molecule has 0 aliphatic heterocycles. The van der Waals surface area contributed by atoms with Crippen LogP contribution in [0, 0.1) is 6.92 Å². The van der Waals surface area contributed by atoms with Gasteiger partial charge in [0.2, 0.25) is 0 Å². The third-order valence-electron chi connectivity index (χ3n) is 9.81. The fourth-order valence-electron chi connectivity index (χ4n) is 7.62. The standard InChI is InChI=1S/C45H37N/c1-4-13-39-38(37-24-23-33(34-18-10-11-20-36(34)37)28-46-30(3)31-15-6-5-7-16-31)26-27-42-44-35-19-9-8-17-32(35)22-25-41(44)40-21-12-14-29(2)43(40)45(39)42/h5-12,14-27H,4,13,28H2,1-3H3. The molecule has 1 nitrogen and oxygen atoms in total. The van der Waals surface area contributed by atoms with Crippen LogP contribution in [0.3, 0.4) is 0 Å². The van der Waals surface area contributed by atoms with E-state index in [1.54, 1.807) is 0 Å². The molecule has 8 rings (SSSR count). The van der Waals surface area contributed by atoms with Crippen LogP contribution >= 0.6 is 0 Å². The summed E-state index contributed by atoms with van der Waals surface area (Å²) < 4.78 is 0. The van der Waals surface area contributed by atoms with Crippen LogP contribution in [0.1, 0.15) is 42.5 Å². The minimum Gasteiger partial charge on any atom is -0.285 e. The molecule has 0 saturated carbocycles. The number of hydrogen-bond acceptors (Lipinski definition) is 1. The maximum Gasteiger partial charge on any atom is 0.0649 e. The molecule has 46 heavy (non-hydrogen) atoms.